The molecule has 0 fully saturated rings. The maximum absolute atomic E-state index is 11.2. The molecule has 86 valence electrons. The quantitative estimate of drug-likeness (QED) is 0.501. The molecule has 0 heterocycles. The Labute approximate surface area is 97.2 Å². The molecule has 5 nitrogen and oxygen atoms in total. The van der Waals surface area contributed by atoms with Crippen LogP contribution in [0.1, 0.15) is 0 Å². The molecule has 0 spiro atoms. The van der Waals surface area contributed by atoms with E-state index in [4.69, 9.17) is 4.55 Å². The summed E-state index contributed by atoms with van der Waals surface area (Å²) in [5.74, 6) is 0. The van der Waals surface area contributed by atoms with E-state index in [0.717, 1.165) is 0 Å². The number of hydrogen-bond acceptors (Lipinski definition) is 4. The second-order valence-corrected chi connectivity index (χ2v) is 4.73. The van der Waals surface area contributed by atoms with E-state index in [0.29, 0.717) is 10.8 Å². The standard InChI is InChI=1S/C11H7NO4S/c13-7-12-9-5-4-8-2-1-3-11(10(8)6-9)17(14,15)16/h1-6H,(H,14,15,16). The molecular weight excluding hydrogens is 242 g/mol. The smallest absolute Gasteiger partial charge is 0.282 e. The lowest BCUT2D eigenvalue weighted by Crippen LogP contribution is -1.98. The molecule has 0 atom stereocenters. The van der Waals surface area contributed by atoms with Crippen LogP contribution in [0.3, 0.4) is 0 Å². The Morgan fingerprint density at radius 2 is 1.94 bits per heavy atom. The summed E-state index contributed by atoms with van der Waals surface area (Å²) in [4.78, 5) is 13.3. The number of aliphatic imine (C=N–C) groups is 1. The van der Waals surface area contributed by atoms with Crippen LogP contribution >= 0.6 is 0 Å². The van der Waals surface area contributed by atoms with Gasteiger partial charge in [0.1, 0.15) is 4.90 Å². The highest BCUT2D eigenvalue weighted by Crippen LogP contribution is 2.26. The van der Waals surface area contributed by atoms with Crippen molar-refractivity contribution >= 4 is 32.7 Å². The third-order valence-electron chi connectivity index (χ3n) is 2.28. The highest BCUT2D eigenvalue weighted by Gasteiger charge is 2.13. The molecule has 17 heavy (non-hydrogen) atoms. The molecule has 2 rings (SSSR count). The van der Waals surface area contributed by atoms with Gasteiger partial charge in [-0.2, -0.15) is 13.4 Å². The molecule has 0 aliphatic rings. The van der Waals surface area contributed by atoms with Gasteiger partial charge in [-0.3, -0.25) is 4.55 Å². The summed E-state index contributed by atoms with van der Waals surface area (Å²) >= 11 is 0. The van der Waals surface area contributed by atoms with Crippen molar-refractivity contribution in [3.05, 3.63) is 36.4 Å². The van der Waals surface area contributed by atoms with Gasteiger partial charge in [0.15, 0.2) is 0 Å². The molecule has 6 heteroatoms. The topological polar surface area (TPSA) is 83.8 Å². The first kappa shape index (κ1) is 11.5. The first-order valence-electron chi connectivity index (χ1n) is 4.60. The summed E-state index contributed by atoms with van der Waals surface area (Å²) in [6.45, 7) is 0. The van der Waals surface area contributed by atoms with E-state index in [9.17, 15) is 13.2 Å². The van der Waals surface area contributed by atoms with Crippen molar-refractivity contribution < 1.29 is 17.8 Å². The average Bonchev–Trinajstić information content (AvgIpc) is 2.27. The van der Waals surface area contributed by atoms with Gasteiger partial charge >= 0.3 is 0 Å². The monoisotopic (exact) mass is 249 g/mol. The van der Waals surface area contributed by atoms with Crippen LogP contribution in [0, 0.1) is 0 Å². The summed E-state index contributed by atoms with van der Waals surface area (Å²) in [6, 6.07) is 9.07. The number of hydrogen-bond donors (Lipinski definition) is 1. The Balaban J connectivity index is 2.86. The first-order valence-corrected chi connectivity index (χ1v) is 6.04. The van der Waals surface area contributed by atoms with Crippen molar-refractivity contribution in [3.8, 4) is 0 Å². The van der Waals surface area contributed by atoms with E-state index in [1.54, 1.807) is 18.2 Å². The number of rotatable bonds is 2. The summed E-state index contributed by atoms with van der Waals surface area (Å²) in [6.07, 6.45) is 1.37. The van der Waals surface area contributed by atoms with E-state index in [-0.39, 0.29) is 10.6 Å². The van der Waals surface area contributed by atoms with Crippen molar-refractivity contribution in [2.24, 2.45) is 4.99 Å². The highest BCUT2D eigenvalue weighted by molar-refractivity contribution is 7.86. The predicted molar refractivity (Wildman–Crippen MR) is 61.5 cm³/mol. The largest absolute Gasteiger partial charge is 0.295 e. The summed E-state index contributed by atoms with van der Waals surface area (Å²) < 4.78 is 31.4. The van der Waals surface area contributed by atoms with Crippen LogP contribution in [-0.4, -0.2) is 19.1 Å². The van der Waals surface area contributed by atoms with Gasteiger partial charge in [0, 0.05) is 5.39 Å². The Hall–Kier alpha value is -2.01. The molecule has 0 unspecified atom stereocenters. The molecule has 0 aliphatic heterocycles. The number of nitrogens with zero attached hydrogens (tertiary/aromatic N) is 1. The molecule has 2 aromatic rings. The van der Waals surface area contributed by atoms with Gasteiger partial charge in [0.25, 0.3) is 10.1 Å². The minimum absolute atomic E-state index is 0.210. The van der Waals surface area contributed by atoms with Gasteiger partial charge in [0.2, 0.25) is 6.08 Å². The van der Waals surface area contributed by atoms with Crippen LogP contribution in [0.25, 0.3) is 10.8 Å². The number of fused-ring (bicyclic) bond motifs is 1. The van der Waals surface area contributed by atoms with Gasteiger partial charge in [-0.1, -0.05) is 18.2 Å². The van der Waals surface area contributed by atoms with Gasteiger partial charge < -0.3 is 0 Å². The molecule has 0 radical (unpaired) electrons. The number of benzene rings is 2. The molecule has 0 aliphatic carbocycles. The van der Waals surface area contributed by atoms with Crippen LogP contribution in [0.15, 0.2) is 46.3 Å². The van der Waals surface area contributed by atoms with Crippen molar-refractivity contribution in [1.29, 1.82) is 0 Å². The second kappa shape index (κ2) is 4.10. The SMILES string of the molecule is O=C=Nc1ccc2cccc(S(=O)(=O)O)c2c1. The fraction of sp³-hybridized carbons (Fsp3) is 0. The van der Waals surface area contributed by atoms with Crippen molar-refractivity contribution in [2.75, 3.05) is 0 Å². The summed E-state index contributed by atoms with van der Waals surface area (Å²) in [7, 11) is -4.30. The van der Waals surface area contributed by atoms with Crippen molar-refractivity contribution in [3.63, 3.8) is 0 Å². The summed E-state index contributed by atoms with van der Waals surface area (Å²) in [5, 5.41) is 0.941. The minimum Gasteiger partial charge on any atom is -0.282 e. The first-order chi connectivity index (χ1) is 8.02. The molecule has 0 aromatic heterocycles. The van der Waals surface area contributed by atoms with E-state index >= 15 is 0 Å². The van der Waals surface area contributed by atoms with Crippen LogP contribution in [0.5, 0.6) is 0 Å². The zero-order valence-corrected chi connectivity index (χ0v) is 9.31. The third-order valence-corrected chi connectivity index (χ3v) is 3.19. The lowest BCUT2D eigenvalue weighted by molar-refractivity contribution is 0.484. The van der Waals surface area contributed by atoms with Gasteiger partial charge in [-0.05, 0) is 23.6 Å². The molecule has 0 bridgehead atoms. The van der Waals surface area contributed by atoms with Crippen LogP contribution in [-0.2, 0) is 14.9 Å². The van der Waals surface area contributed by atoms with E-state index < -0.39 is 10.1 Å². The minimum atomic E-state index is -4.30. The Morgan fingerprint density at radius 3 is 2.59 bits per heavy atom. The van der Waals surface area contributed by atoms with Crippen LogP contribution < -0.4 is 0 Å². The molecule has 2 aromatic carbocycles. The molecule has 0 saturated carbocycles. The van der Waals surface area contributed by atoms with Crippen LogP contribution in [0.4, 0.5) is 5.69 Å². The molecular formula is C11H7NO4S. The zero-order chi connectivity index (χ0) is 12.5. The second-order valence-electron chi connectivity index (χ2n) is 3.34. The van der Waals surface area contributed by atoms with Gasteiger partial charge in [-0.15, -0.1) is 0 Å². The summed E-state index contributed by atoms with van der Waals surface area (Å²) in [5.41, 5.74) is 0.281. The van der Waals surface area contributed by atoms with Gasteiger partial charge in [0.05, 0.1) is 5.69 Å². The number of carbonyl (C=O) groups excluding carboxylic acids is 1. The van der Waals surface area contributed by atoms with E-state index in [2.05, 4.69) is 4.99 Å². The maximum atomic E-state index is 11.2. The molecule has 0 saturated heterocycles. The lowest BCUT2D eigenvalue weighted by atomic mass is 10.1. The molecule has 1 N–H and O–H groups in total. The zero-order valence-electron chi connectivity index (χ0n) is 8.49. The Kier molecular flexibility index (Phi) is 2.77. The van der Waals surface area contributed by atoms with Crippen molar-refractivity contribution in [2.45, 2.75) is 4.90 Å². The van der Waals surface area contributed by atoms with Crippen LogP contribution in [0.2, 0.25) is 0 Å². The maximum Gasteiger partial charge on any atom is 0.295 e. The predicted octanol–water partition coefficient (Wildman–Crippen LogP) is 2.05. The third kappa shape index (κ3) is 2.24. The van der Waals surface area contributed by atoms with Gasteiger partial charge in [-0.25, -0.2) is 4.79 Å². The fourth-order valence-electron chi connectivity index (χ4n) is 1.58. The average molecular weight is 249 g/mol. The molecule has 0 amide bonds. The van der Waals surface area contributed by atoms with E-state index in [1.807, 2.05) is 0 Å². The van der Waals surface area contributed by atoms with Crippen molar-refractivity contribution in [1.82, 2.24) is 0 Å². The number of isocyanates is 1. The lowest BCUT2D eigenvalue weighted by Gasteiger charge is -2.03. The fourth-order valence-corrected chi connectivity index (χ4v) is 2.28. The normalized spacial score (nSPS) is 11.1. The Bertz CT molecular complexity index is 730. The van der Waals surface area contributed by atoms with E-state index in [1.165, 1.54) is 24.3 Å². The highest BCUT2D eigenvalue weighted by atomic mass is 32.2. The Morgan fingerprint density at radius 1 is 1.18 bits per heavy atom.